The molecule has 1 saturated carbocycles. The molecule has 6 rings (SSSR count). The summed E-state index contributed by atoms with van der Waals surface area (Å²) >= 11 is 0. The highest BCUT2D eigenvalue weighted by Crippen LogP contribution is 2.45. The van der Waals surface area contributed by atoms with E-state index in [-0.39, 0.29) is 30.5 Å². The summed E-state index contributed by atoms with van der Waals surface area (Å²) in [6.45, 7) is 4.10. The molecule has 1 saturated heterocycles. The first-order valence-corrected chi connectivity index (χ1v) is 13.0. The lowest BCUT2D eigenvalue weighted by Crippen LogP contribution is -2.64. The van der Waals surface area contributed by atoms with E-state index in [2.05, 4.69) is 17.1 Å². The largest absolute Gasteiger partial charge is 0.493 e. The van der Waals surface area contributed by atoms with Crippen molar-refractivity contribution in [1.82, 2.24) is 14.8 Å². The lowest BCUT2D eigenvalue weighted by Gasteiger charge is -2.48. The summed E-state index contributed by atoms with van der Waals surface area (Å²) < 4.78 is 11.6. The predicted octanol–water partition coefficient (Wildman–Crippen LogP) is 4.59. The van der Waals surface area contributed by atoms with Crippen LogP contribution in [-0.2, 0) is 16.0 Å². The molecule has 2 atom stereocenters. The van der Waals surface area contributed by atoms with Gasteiger partial charge in [-0.3, -0.25) is 9.59 Å². The van der Waals surface area contributed by atoms with Gasteiger partial charge < -0.3 is 24.3 Å². The van der Waals surface area contributed by atoms with Crippen LogP contribution < -0.4 is 9.47 Å². The SMILES string of the molecule is COc1cc(C2c3[nH]c4ccccc4c3CC3C(=O)N(C4CCCC4)CC(=O)N32)ccc1OC(C)C. The van der Waals surface area contributed by atoms with Gasteiger partial charge in [0.25, 0.3) is 0 Å². The molecule has 3 heterocycles. The molecule has 1 N–H and O–H groups in total. The van der Waals surface area contributed by atoms with Gasteiger partial charge in [-0.1, -0.05) is 37.1 Å². The highest BCUT2D eigenvalue weighted by Gasteiger charge is 2.49. The maximum atomic E-state index is 13.9. The van der Waals surface area contributed by atoms with E-state index < -0.39 is 12.1 Å². The Bertz CT molecular complexity index is 1320. The number of methoxy groups -OCH3 is 1. The summed E-state index contributed by atoms with van der Waals surface area (Å²) in [5, 5.41) is 1.11. The van der Waals surface area contributed by atoms with Gasteiger partial charge in [-0.05, 0) is 56.0 Å². The number of carbonyl (C=O) groups excluding carboxylic acids is 2. The van der Waals surface area contributed by atoms with Gasteiger partial charge in [0, 0.05) is 29.1 Å². The summed E-state index contributed by atoms with van der Waals surface area (Å²) in [6, 6.07) is 13.3. The summed E-state index contributed by atoms with van der Waals surface area (Å²) in [5.41, 5.74) is 4.01. The van der Waals surface area contributed by atoms with E-state index in [1.807, 2.05) is 54.0 Å². The number of hydrogen-bond acceptors (Lipinski definition) is 4. The molecule has 0 spiro atoms. The molecular weight excluding hydrogens is 454 g/mol. The number of H-pyrrole nitrogens is 1. The molecule has 0 bridgehead atoms. The van der Waals surface area contributed by atoms with E-state index in [0.717, 1.165) is 53.4 Å². The highest BCUT2D eigenvalue weighted by atomic mass is 16.5. The molecule has 1 aromatic heterocycles. The minimum atomic E-state index is -0.513. The average molecular weight is 488 g/mol. The van der Waals surface area contributed by atoms with E-state index in [4.69, 9.17) is 9.47 Å². The van der Waals surface area contributed by atoms with Crippen molar-refractivity contribution < 1.29 is 19.1 Å². The van der Waals surface area contributed by atoms with Crippen LogP contribution in [0.15, 0.2) is 42.5 Å². The van der Waals surface area contributed by atoms with Crippen molar-refractivity contribution in [2.45, 2.75) is 70.2 Å². The lowest BCUT2D eigenvalue weighted by molar-refractivity contribution is -0.160. The normalized spacial score (nSPS) is 22.3. The van der Waals surface area contributed by atoms with Gasteiger partial charge in [0.05, 0.1) is 19.3 Å². The van der Waals surface area contributed by atoms with Crippen LogP contribution in [0.3, 0.4) is 0 Å². The van der Waals surface area contributed by atoms with Crippen molar-refractivity contribution in [3.05, 3.63) is 59.3 Å². The Kier molecular flexibility index (Phi) is 5.66. The number of piperazine rings is 1. The van der Waals surface area contributed by atoms with Crippen molar-refractivity contribution in [3.63, 3.8) is 0 Å². The standard InChI is InChI=1S/C29H33N3O4/c1-17(2)36-24-13-12-18(14-25(24)35-3)28-27-21(20-10-6-7-11-22(20)30-27)15-23-29(34)31(16-26(33)32(23)28)19-8-4-5-9-19/h6-7,10-14,17,19,23,28,30H,4-5,8-9,15-16H2,1-3H3. The topological polar surface area (TPSA) is 74.9 Å². The molecule has 188 valence electrons. The minimum absolute atomic E-state index is 0.00211. The van der Waals surface area contributed by atoms with Crippen molar-refractivity contribution in [2.75, 3.05) is 13.7 Å². The molecule has 2 fully saturated rings. The maximum Gasteiger partial charge on any atom is 0.246 e. The molecule has 2 aromatic carbocycles. The quantitative estimate of drug-likeness (QED) is 0.571. The number of aromatic nitrogens is 1. The van der Waals surface area contributed by atoms with Gasteiger partial charge in [-0.2, -0.15) is 0 Å². The molecule has 1 aliphatic carbocycles. The van der Waals surface area contributed by atoms with Gasteiger partial charge in [0.1, 0.15) is 12.6 Å². The van der Waals surface area contributed by atoms with Crippen LogP contribution in [-0.4, -0.2) is 58.4 Å². The summed E-state index contributed by atoms with van der Waals surface area (Å²) in [7, 11) is 1.62. The Morgan fingerprint density at radius 2 is 1.81 bits per heavy atom. The van der Waals surface area contributed by atoms with Crippen LogP contribution in [0.25, 0.3) is 10.9 Å². The zero-order valence-corrected chi connectivity index (χ0v) is 21.1. The number of ether oxygens (including phenoxy) is 2. The van der Waals surface area contributed by atoms with E-state index in [1.165, 1.54) is 0 Å². The molecule has 7 heteroatoms. The number of nitrogens with one attached hydrogen (secondary N) is 1. The number of para-hydroxylation sites is 1. The summed E-state index contributed by atoms with van der Waals surface area (Å²) in [6.07, 6.45) is 4.75. The smallest absolute Gasteiger partial charge is 0.246 e. The number of amides is 2. The zero-order chi connectivity index (χ0) is 25.0. The second-order valence-electron chi connectivity index (χ2n) is 10.5. The second kappa shape index (κ2) is 8.87. The second-order valence-corrected chi connectivity index (χ2v) is 10.5. The summed E-state index contributed by atoms with van der Waals surface area (Å²) in [4.78, 5) is 35.0. The molecule has 2 amide bonds. The Balaban J connectivity index is 1.49. The van der Waals surface area contributed by atoms with Crippen molar-refractivity contribution in [1.29, 1.82) is 0 Å². The van der Waals surface area contributed by atoms with Crippen LogP contribution >= 0.6 is 0 Å². The number of nitrogens with zero attached hydrogens (tertiary/aromatic N) is 2. The number of benzene rings is 2. The van der Waals surface area contributed by atoms with Crippen molar-refractivity contribution in [2.24, 2.45) is 0 Å². The third-order valence-electron chi connectivity index (χ3n) is 7.92. The molecule has 3 aliphatic rings. The fourth-order valence-corrected chi connectivity index (χ4v) is 6.36. The van der Waals surface area contributed by atoms with Gasteiger partial charge in [0.2, 0.25) is 11.8 Å². The van der Waals surface area contributed by atoms with Crippen LogP contribution in [0.4, 0.5) is 0 Å². The van der Waals surface area contributed by atoms with Crippen molar-refractivity contribution >= 4 is 22.7 Å². The van der Waals surface area contributed by atoms with E-state index in [0.29, 0.717) is 17.9 Å². The number of fused-ring (bicyclic) bond motifs is 4. The van der Waals surface area contributed by atoms with Crippen LogP contribution in [0, 0.1) is 0 Å². The van der Waals surface area contributed by atoms with Gasteiger partial charge >= 0.3 is 0 Å². The molecule has 2 unspecified atom stereocenters. The molecule has 0 radical (unpaired) electrons. The fourth-order valence-electron chi connectivity index (χ4n) is 6.36. The number of rotatable bonds is 5. The van der Waals surface area contributed by atoms with Crippen LogP contribution in [0.1, 0.15) is 62.4 Å². The van der Waals surface area contributed by atoms with Crippen LogP contribution in [0.2, 0.25) is 0 Å². The average Bonchev–Trinajstić information content (AvgIpc) is 3.53. The predicted molar refractivity (Wildman–Crippen MR) is 137 cm³/mol. The van der Waals surface area contributed by atoms with E-state index in [9.17, 15) is 9.59 Å². The molecule has 36 heavy (non-hydrogen) atoms. The van der Waals surface area contributed by atoms with Gasteiger partial charge in [0.15, 0.2) is 11.5 Å². The van der Waals surface area contributed by atoms with Gasteiger partial charge in [-0.25, -0.2) is 0 Å². The monoisotopic (exact) mass is 487 g/mol. The Morgan fingerprint density at radius 3 is 2.56 bits per heavy atom. The van der Waals surface area contributed by atoms with E-state index in [1.54, 1.807) is 7.11 Å². The number of carbonyl (C=O) groups is 2. The first kappa shape index (κ1) is 23.0. The zero-order valence-electron chi connectivity index (χ0n) is 21.1. The highest BCUT2D eigenvalue weighted by molar-refractivity contribution is 5.98. The Labute approximate surface area is 211 Å². The fraction of sp³-hybridized carbons (Fsp3) is 0.448. The molecule has 7 nitrogen and oxygen atoms in total. The van der Waals surface area contributed by atoms with Crippen LogP contribution in [0.5, 0.6) is 11.5 Å². The first-order valence-electron chi connectivity index (χ1n) is 13.0. The Hall–Kier alpha value is -3.48. The first-order chi connectivity index (χ1) is 17.5. The molecule has 2 aliphatic heterocycles. The third-order valence-corrected chi connectivity index (χ3v) is 7.92. The Morgan fingerprint density at radius 1 is 1.03 bits per heavy atom. The maximum absolute atomic E-state index is 13.9. The third kappa shape index (κ3) is 3.64. The number of hydrogen-bond donors (Lipinski definition) is 1. The molecular formula is C29H33N3O4. The van der Waals surface area contributed by atoms with E-state index >= 15 is 0 Å². The lowest BCUT2D eigenvalue weighted by atomic mass is 9.85. The summed E-state index contributed by atoms with van der Waals surface area (Å²) in [5.74, 6) is 1.36. The molecule has 3 aromatic rings. The number of aromatic amines is 1. The van der Waals surface area contributed by atoms with Crippen molar-refractivity contribution in [3.8, 4) is 11.5 Å². The van der Waals surface area contributed by atoms with Gasteiger partial charge in [-0.15, -0.1) is 0 Å². The minimum Gasteiger partial charge on any atom is -0.493 e.